The molecule has 0 fully saturated rings. The van der Waals surface area contributed by atoms with Crippen LogP contribution in [0, 0.1) is 0 Å². The number of esters is 1. The number of hydrogen-bond acceptors (Lipinski definition) is 4. The molecule has 18 heavy (non-hydrogen) atoms. The van der Waals surface area contributed by atoms with Gasteiger partial charge < -0.3 is 9.75 Å². The lowest BCUT2D eigenvalue weighted by molar-refractivity contribution is -0.138. The highest BCUT2D eigenvalue weighted by Gasteiger charge is 2.23. The molecule has 0 saturated heterocycles. The van der Waals surface area contributed by atoms with E-state index in [4.69, 9.17) is 4.74 Å². The number of carbonyl (C=O) groups excluding carboxylic acids is 1. The van der Waals surface area contributed by atoms with Crippen LogP contribution in [0.1, 0.15) is 12.5 Å². The molecular weight excluding hydrogens is 228 g/mol. The summed E-state index contributed by atoms with van der Waals surface area (Å²) in [5.74, 6) is -0.237. The molecule has 0 aliphatic carbocycles. The van der Waals surface area contributed by atoms with Gasteiger partial charge in [0.05, 0.1) is 24.4 Å². The number of ether oxygens (including phenoxy) is 1. The number of hydrazine groups is 1. The van der Waals surface area contributed by atoms with Crippen molar-refractivity contribution < 1.29 is 9.53 Å². The SMILES string of the molecule is CCOC(=O)C1=Cc2ccccc2N(N(C)C)C1. The van der Waals surface area contributed by atoms with Crippen LogP contribution in [-0.4, -0.2) is 38.2 Å². The molecule has 1 heterocycles. The van der Waals surface area contributed by atoms with Gasteiger partial charge in [-0.2, -0.15) is 0 Å². The average Bonchev–Trinajstić information content (AvgIpc) is 2.37. The van der Waals surface area contributed by atoms with Gasteiger partial charge in [0.15, 0.2) is 0 Å². The summed E-state index contributed by atoms with van der Waals surface area (Å²) in [5, 5.41) is 4.03. The van der Waals surface area contributed by atoms with Crippen LogP contribution in [-0.2, 0) is 9.53 Å². The lowest BCUT2D eigenvalue weighted by Gasteiger charge is -2.35. The molecule has 0 saturated carbocycles. The quantitative estimate of drug-likeness (QED) is 0.763. The zero-order valence-corrected chi connectivity index (χ0v) is 11.0. The van der Waals surface area contributed by atoms with Crippen molar-refractivity contribution in [2.75, 3.05) is 32.3 Å². The van der Waals surface area contributed by atoms with Crippen LogP contribution in [0.25, 0.3) is 6.08 Å². The summed E-state index contributed by atoms with van der Waals surface area (Å²) in [5.41, 5.74) is 2.83. The first-order chi connectivity index (χ1) is 8.63. The number of nitrogens with zero attached hydrogens (tertiary/aromatic N) is 2. The van der Waals surface area contributed by atoms with Gasteiger partial charge in [-0.15, -0.1) is 0 Å². The predicted octanol–water partition coefficient (Wildman–Crippen LogP) is 1.93. The van der Waals surface area contributed by atoms with Crippen molar-refractivity contribution in [2.45, 2.75) is 6.92 Å². The standard InChI is InChI=1S/C14H18N2O2/c1-4-18-14(17)12-9-11-7-5-6-8-13(11)16(10-12)15(2)3/h5-9H,4,10H2,1-3H3. The van der Waals surface area contributed by atoms with Crippen LogP contribution in [0.4, 0.5) is 5.69 Å². The van der Waals surface area contributed by atoms with Crippen molar-refractivity contribution in [3.05, 3.63) is 35.4 Å². The Hall–Kier alpha value is -1.81. The molecular formula is C14H18N2O2. The first-order valence-corrected chi connectivity index (χ1v) is 6.05. The monoisotopic (exact) mass is 246 g/mol. The van der Waals surface area contributed by atoms with Crippen LogP contribution >= 0.6 is 0 Å². The third kappa shape index (κ3) is 2.38. The van der Waals surface area contributed by atoms with Gasteiger partial charge in [0.1, 0.15) is 0 Å². The van der Waals surface area contributed by atoms with Crippen molar-refractivity contribution in [1.82, 2.24) is 5.01 Å². The van der Waals surface area contributed by atoms with Crippen LogP contribution < -0.4 is 5.01 Å². The molecule has 0 amide bonds. The van der Waals surface area contributed by atoms with E-state index in [2.05, 4.69) is 5.01 Å². The van der Waals surface area contributed by atoms with Crippen LogP contribution in [0.15, 0.2) is 29.8 Å². The molecule has 96 valence electrons. The summed E-state index contributed by atoms with van der Waals surface area (Å²) in [6, 6.07) is 8.02. The Morgan fingerprint density at radius 2 is 2.11 bits per heavy atom. The average molecular weight is 246 g/mol. The molecule has 0 atom stereocenters. The summed E-state index contributed by atoms with van der Waals surface area (Å²) >= 11 is 0. The van der Waals surface area contributed by atoms with Gasteiger partial charge in [-0.1, -0.05) is 18.2 Å². The first-order valence-electron chi connectivity index (χ1n) is 6.05. The smallest absolute Gasteiger partial charge is 0.335 e. The summed E-state index contributed by atoms with van der Waals surface area (Å²) < 4.78 is 5.07. The van der Waals surface area contributed by atoms with Crippen molar-refractivity contribution in [3.8, 4) is 0 Å². The number of para-hydroxylation sites is 1. The first kappa shape index (κ1) is 12.6. The van der Waals surface area contributed by atoms with E-state index in [0.717, 1.165) is 11.3 Å². The van der Waals surface area contributed by atoms with Crippen molar-refractivity contribution >= 4 is 17.7 Å². The molecule has 1 aromatic carbocycles. The zero-order valence-electron chi connectivity index (χ0n) is 11.0. The van der Waals surface area contributed by atoms with Crippen molar-refractivity contribution in [2.24, 2.45) is 0 Å². The summed E-state index contributed by atoms with van der Waals surface area (Å²) in [4.78, 5) is 11.8. The lowest BCUT2D eigenvalue weighted by atomic mass is 10.0. The van der Waals surface area contributed by atoms with E-state index in [1.165, 1.54) is 0 Å². The van der Waals surface area contributed by atoms with Gasteiger partial charge in [-0.25, -0.2) is 9.80 Å². The largest absolute Gasteiger partial charge is 0.463 e. The molecule has 4 nitrogen and oxygen atoms in total. The fourth-order valence-electron chi connectivity index (χ4n) is 2.03. The van der Waals surface area contributed by atoms with Gasteiger partial charge in [0, 0.05) is 14.1 Å². The number of carbonyl (C=O) groups is 1. The predicted molar refractivity (Wildman–Crippen MR) is 72.1 cm³/mol. The van der Waals surface area contributed by atoms with Gasteiger partial charge in [0.25, 0.3) is 0 Å². The normalized spacial score (nSPS) is 14.2. The highest BCUT2D eigenvalue weighted by molar-refractivity contribution is 5.97. The van der Waals surface area contributed by atoms with Crippen LogP contribution in [0.3, 0.4) is 0 Å². The van der Waals surface area contributed by atoms with Gasteiger partial charge in [-0.05, 0) is 24.6 Å². The number of rotatable bonds is 3. The molecule has 0 spiro atoms. The van der Waals surface area contributed by atoms with Crippen molar-refractivity contribution in [1.29, 1.82) is 0 Å². The van der Waals surface area contributed by atoms with E-state index >= 15 is 0 Å². The summed E-state index contributed by atoms with van der Waals surface area (Å²) in [6.45, 7) is 2.77. The van der Waals surface area contributed by atoms with Gasteiger partial charge in [-0.3, -0.25) is 0 Å². The second kappa shape index (κ2) is 5.23. The van der Waals surface area contributed by atoms with E-state index in [9.17, 15) is 4.79 Å². The van der Waals surface area contributed by atoms with E-state index in [0.29, 0.717) is 18.7 Å². The molecule has 1 aromatic rings. The Bertz CT molecular complexity index is 480. The molecule has 1 aliphatic heterocycles. The highest BCUT2D eigenvalue weighted by atomic mass is 16.5. The molecule has 0 unspecified atom stereocenters. The summed E-state index contributed by atoms with van der Waals surface area (Å²) in [6.07, 6.45) is 1.91. The minimum atomic E-state index is -0.237. The minimum absolute atomic E-state index is 0.237. The second-order valence-electron chi connectivity index (χ2n) is 4.35. The molecule has 0 radical (unpaired) electrons. The topological polar surface area (TPSA) is 32.8 Å². The summed E-state index contributed by atoms with van der Waals surface area (Å²) in [7, 11) is 3.93. The fraction of sp³-hybridized carbons (Fsp3) is 0.357. The number of anilines is 1. The fourth-order valence-corrected chi connectivity index (χ4v) is 2.03. The van der Waals surface area contributed by atoms with Crippen LogP contribution in [0.5, 0.6) is 0 Å². The maximum atomic E-state index is 11.8. The molecule has 4 heteroatoms. The molecule has 0 N–H and O–H groups in total. The number of benzene rings is 1. The maximum Gasteiger partial charge on any atom is 0.335 e. The Morgan fingerprint density at radius 3 is 2.78 bits per heavy atom. The lowest BCUT2D eigenvalue weighted by Crippen LogP contribution is -2.41. The van der Waals surface area contributed by atoms with Gasteiger partial charge >= 0.3 is 5.97 Å². The Balaban J connectivity index is 2.37. The molecule has 0 bridgehead atoms. The van der Waals surface area contributed by atoms with Gasteiger partial charge in [0.2, 0.25) is 0 Å². The maximum absolute atomic E-state index is 11.8. The van der Waals surface area contributed by atoms with E-state index in [1.807, 2.05) is 56.4 Å². The van der Waals surface area contributed by atoms with Crippen LogP contribution in [0.2, 0.25) is 0 Å². The highest BCUT2D eigenvalue weighted by Crippen LogP contribution is 2.29. The zero-order chi connectivity index (χ0) is 13.1. The number of fused-ring (bicyclic) bond motifs is 1. The van der Waals surface area contributed by atoms with E-state index < -0.39 is 0 Å². The third-order valence-corrected chi connectivity index (χ3v) is 2.89. The second-order valence-corrected chi connectivity index (χ2v) is 4.35. The molecule has 0 aromatic heterocycles. The Labute approximate surface area is 107 Å². The third-order valence-electron chi connectivity index (χ3n) is 2.89. The minimum Gasteiger partial charge on any atom is -0.463 e. The van der Waals surface area contributed by atoms with E-state index in [1.54, 1.807) is 0 Å². The molecule has 2 rings (SSSR count). The van der Waals surface area contributed by atoms with Crippen molar-refractivity contribution in [3.63, 3.8) is 0 Å². The Kier molecular flexibility index (Phi) is 3.67. The van der Waals surface area contributed by atoms with E-state index in [-0.39, 0.29) is 5.97 Å². The number of hydrogen-bond donors (Lipinski definition) is 0. The Morgan fingerprint density at radius 1 is 1.39 bits per heavy atom. The molecule has 1 aliphatic rings.